The summed E-state index contributed by atoms with van der Waals surface area (Å²) in [6, 6.07) is 1.76. The van der Waals surface area contributed by atoms with E-state index in [0.717, 1.165) is 5.39 Å². The monoisotopic (exact) mass is 191 g/mol. The molecule has 0 atom stereocenters. The number of anilines is 1. The van der Waals surface area contributed by atoms with E-state index in [9.17, 15) is 4.79 Å². The van der Waals surface area contributed by atoms with Gasteiger partial charge in [0.2, 0.25) is 0 Å². The van der Waals surface area contributed by atoms with E-state index >= 15 is 0 Å². The zero-order valence-corrected chi connectivity index (χ0v) is 7.57. The summed E-state index contributed by atoms with van der Waals surface area (Å²) in [5.41, 5.74) is 6.69. The van der Waals surface area contributed by atoms with Gasteiger partial charge < -0.3 is 15.5 Å². The van der Waals surface area contributed by atoms with Crippen LogP contribution < -0.4 is 5.73 Å². The maximum Gasteiger partial charge on any atom is 0.340 e. The van der Waals surface area contributed by atoms with Gasteiger partial charge in [-0.25, -0.2) is 9.78 Å². The van der Waals surface area contributed by atoms with Crippen LogP contribution in [0.5, 0.6) is 0 Å². The second-order valence-corrected chi connectivity index (χ2v) is 2.82. The van der Waals surface area contributed by atoms with Crippen molar-refractivity contribution in [2.45, 2.75) is 0 Å². The zero-order chi connectivity index (χ0) is 10.1. The van der Waals surface area contributed by atoms with Crippen molar-refractivity contribution in [3.05, 3.63) is 24.0 Å². The molecule has 0 radical (unpaired) electrons. The van der Waals surface area contributed by atoms with Crippen molar-refractivity contribution in [3.63, 3.8) is 0 Å². The lowest BCUT2D eigenvalue weighted by Gasteiger charge is -2.01. The third kappa shape index (κ3) is 1.10. The number of carbonyl (C=O) groups excluding carboxylic acids is 1. The second-order valence-electron chi connectivity index (χ2n) is 2.82. The third-order valence-corrected chi connectivity index (χ3v) is 2.03. The van der Waals surface area contributed by atoms with Crippen molar-refractivity contribution in [3.8, 4) is 0 Å². The Labute approximate surface area is 79.9 Å². The number of nitrogens with two attached hydrogens (primary N) is 1. The molecule has 0 aliphatic carbocycles. The van der Waals surface area contributed by atoms with Crippen LogP contribution in [0.4, 0.5) is 5.82 Å². The van der Waals surface area contributed by atoms with Crippen LogP contribution in [0.2, 0.25) is 0 Å². The summed E-state index contributed by atoms with van der Waals surface area (Å²) < 4.78 is 4.62. The zero-order valence-electron chi connectivity index (χ0n) is 7.57. The first-order chi connectivity index (χ1) is 6.74. The van der Waals surface area contributed by atoms with E-state index in [1.165, 1.54) is 13.3 Å². The number of pyridine rings is 1. The summed E-state index contributed by atoms with van der Waals surface area (Å²) in [7, 11) is 1.33. The number of nitrogens with zero attached hydrogens (tertiary/aromatic N) is 1. The number of fused-ring (bicyclic) bond motifs is 1. The average molecular weight is 191 g/mol. The largest absolute Gasteiger partial charge is 0.465 e. The highest BCUT2D eigenvalue weighted by Crippen LogP contribution is 2.21. The van der Waals surface area contributed by atoms with Gasteiger partial charge in [-0.15, -0.1) is 0 Å². The van der Waals surface area contributed by atoms with E-state index in [1.807, 2.05) is 0 Å². The molecule has 2 aromatic rings. The van der Waals surface area contributed by atoms with Crippen molar-refractivity contribution >= 4 is 22.7 Å². The smallest absolute Gasteiger partial charge is 0.340 e. The SMILES string of the molecule is COC(=O)c1cnc(N)c2[nH]ccc12. The van der Waals surface area contributed by atoms with Gasteiger partial charge in [-0.05, 0) is 6.07 Å². The maximum absolute atomic E-state index is 11.3. The summed E-state index contributed by atoms with van der Waals surface area (Å²) >= 11 is 0. The molecule has 2 heterocycles. The summed E-state index contributed by atoms with van der Waals surface area (Å²) in [6.45, 7) is 0. The number of nitrogen functional groups attached to an aromatic ring is 1. The molecule has 0 amide bonds. The fraction of sp³-hybridized carbons (Fsp3) is 0.111. The van der Waals surface area contributed by atoms with Crippen molar-refractivity contribution in [1.29, 1.82) is 0 Å². The van der Waals surface area contributed by atoms with Crippen LogP contribution in [0.15, 0.2) is 18.5 Å². The van der Waals surface area contributed by atoms with Gasteiger partial charge in [0.1, 0.15) is 5.82 Å². The Bertz CT molecular complexity index is 490. The van der Waals surface area contributed by atoms with Gasteiger partial charge in [0.15, 0.2) is 0 Å². The third-order valence-electron chi connectivity index (χ3n) is 2.03. The predicted molar refractivity (Wildman–Crippen MR) is 51.8 cm³/mol. The number of rotatable bonds is 1. The lowest BCUT2D eigenvalue weighted by atomic mass is 10.2. The molecule has 0 aliphatic rings. The number of aromatic nitrogens is 2. The summed E-state index contributed by atoms with van der Waals surface area (Å²) in [4.78, 5) is 18.1. The minimum atomic E-state index is -0.415. The molecule has 3 N–H and O–H groups in total. The fourth-order valence-corrected chi connectivity index (χ4v) is 1.35. The molecule has 0 spiro atoms. The normalized spacial score (nSPS) is 10.4. The Balaban J connectivity index is 2.72. The molecular formula is C9H9N3O2. The fourth-order valence-electron chi connectivity index (χ4n) is 1.35. The van der Waals surface area contributed by atoms with E-state index in [-0.39, 0.29) is 0 Å². The second kappa shape index (κ2) is 3.02. The minimum Gasteiger partial charge on any atom is -0.465 e. The number of hydrogen-bond donors (Lipinski definition) is 2. The Morgan fingerprint density at radius 2 is 2.43 bits per heavy atom. The summed E-state index contributed by atoms with van der Waals surface area (Å²) in [5.74, 6) is -0.0419. The quantitative estimate of drug-likeness (QED) is 0.657. The summed E-state index contributed by atoms with van der Waals surface area (Å²) in [6.07, 6.45) is 3.12. The van der Waals surface area contributed by atoms with E-state index in [2.05, 4.69) is 14.7 Å². The first kappa shape index (κ1) is 8.55. The summed E-state index contributed by atoms with van der Waals surface area (Å²) in [5, 5.41) is 0.726. The topological polar surface area (TPSA) is 81.0 Å². The number of nitrogens with one attached hydrogen (secondary N) is 1. The van der Waals surface area contributed by atoms with Crippen LogP contribution in [-0.4, -0.2) is 23.0 Å². The number of H-pyrrole nitrogens is 1. The van der Waals surface area contributed by atoms with Crippen LogP contribution in [-0.2, 0) is 4.74 Å². The van der Waals surface area contributed by atoms with Gasteiger partial charge in [-0.2, -0.15) is 0 Å². The molecule has 0 aliphatic heterocycles. The lowest BCUT2D eigenvalue weighted by Crippen LogP contribution is -2.03. The van der Waals surface area contributed by atoms with E-state index in [4.69, 9.17) is 5.73 Å². The van der Waals surface area contributed by atoms with Crippen LogP contribution in [0, 0.1) is 0 Å². The molecule has 0 fully saturated rings. The Kier molecular flexibility index (Phi) is 1.85. The van der Waals surface area contributed by atoms with E-state index in [0.29, 0.717) is 16.9 Å². The number of hydrogen-bond acceptors (Lipinski definition) is 4. The van der Waals surface area contributed by atoms with Gasteiger partial charge in [-0.3, -0.25) is 0 Å². The highest BCUT2D eigenvalue weighted by Gasteiger charge is 2.12. The molecule has 5 nitrogen and oxygen atoms in total. The molecule has 0 saturated carbocycles. The van der Waals surface area contributed by atoms with Gasteiger partial charge >= 0.3 is 5.97 Å². The van der Waals surface area contributed by atoms with E-state index in [1.54, 1.807) is 12.3 Å². The van der Waals surface area contributed by atoms with E-state index < -0.39 is 5.97 Å². The maximum atomic E-state index is 11.3. The Morgan fingerprint density at radius 3 is 3.14 bits per heavy atom. The molecule has 5 heteroatoms. The van der Waals surface area contributed by atoms with Crippen molar-refractivity contribution in [1.82, 2.24) is 9.97 Å². The van der Waals surface area contributed by atoms with Gasteiger partial charge in [-0.1, -0.05) is 0 Å². The van der Waals surface area contributed by atoms with Crippen molar-refractivity contribution < 1.29 is 9.53 Å². The molecule has 14 heavy (non-hydrogen) atoms. The van der Waals surface area contributed by atoms with Crippen LogP contribution >= 0.6 is 0 Å². The van der Waals surface area contributed by atoms with Crippen LogP contribution in [0.3, 0.4) is 0 Å². The molecule has 2 aromatic heterocycles. The lowest BCUT2D eigenvalue weighted by molar-refractivity contribution is 0.0602. The van der Waals surface area contributed by atoms with Crippen molar-refractivity contribution in [2.75, 3.05) is 12.8 Å². The first-order valence-electron chi connectivity index (χ1n) is 4.04. The number of aromatic amines is 1. The highest BCUT2D eigenvalue weighted by atomic mass is 16.5. The Morgan fingerprint density at radius 1 is 1.64 bits per heavy atom. The van der Waals surface area contributed by atoms with Crippen LogP contribution in [0.25, 0.3) is 10.9 Å². The van der Waals surface area contributed by atoms with Gasteiger partial charge in [0.25, 0.3) is 0 Å². The molecule has 0 unspecified atom stereocenters. The molecule has 0 saturated heterocycles. The highest BCUT2D eigenvalue weighted by molar-refractivity contribution is 6.05. The van der Waals surface area contributed by atoms with Crippen LogP contribution in [0.1, 0.15) is 10.4 Å². The number of esters is 1. The number of carbonyl (C=O) groups is 1. The first-order valence-corrected chi connectivity index (χ1v) is 4.04. The van der Waals surface area contributed by atoms with Gasteiger partial charge in [0.05, 0.1) is 18.2 Å². The minimum absolute atomic E-state index is 0.373. The molecule has 0 bridgehead atoms. The number of methoxy groups -OCH3 is 1. The number of ether oxygens (including phenoxy) is 1. The van der Waals surface area contributed by atoms with Gasteiger partial charge in [0, 0.05) is 17.8 Å². The Hall–Kier alpha value is -2.04. The molecule has 0 aromatic carbocycles. The predicted octanol–water partition coefficient (Wildman–Crippen LogP) is 0.932. The van der Waals surface area contributed by atoms with Crippen molar-refractivity contribution in [2.24, 2.45) is 0 Å². The molecule has 2 rings (SSSR count). The molecular weight excluding hydrogens is 182 g/mol. The standard InChI is InChI=1S/C9H9N3O2/c1-14-9(13)6-4-12-8(10)7-5(6)2-3-11-7/h2-4,11H,1H3,(H2,10,12). The average Bonchev–Trinajstić information content (AvgIpc) is 2.67. The molecule has 72 valence electrons.